The maximum absolute atomic E-state index is 13.2. The lowest BCUT2D eigenvalue weighted by Crippen LogP contribution is -2.43. The van der Waals surface area contributed by atoms with Gasteiger partial charge in [0.05, 0.1) is 6.61 Å². The number of esters is 1. The number of sulfonamides is 1. The molecule has 1 atom stereocenters. The Morgan fingerprint density at radius 2 is 1.90 bits per heavy atom. The highest BCUT2D eigenvalue weighted by atomic mass is 32.2. The number of carbonyl (C=O) groups is 2. The van der Waals surface area contributed by atoms with Crippen molar-refractivity contribution in [3.63, 3.8) is 0 Å². The second-order valence-corrected chi connectivity index (χ2v) is 9.82. The van der Waals surface area contributed by atoms with Crippen LogP contribution in [-0.4, -0.2) is 48.4 Å². The zero-order chi connectivity index (χ0) is 22.8. The van der Waals surface area contributed by atoms with Crippen molar-refractivity contribution in [3.05, 3.63) is 47.8 Å². The standard InChI is InChI=1S/C22H29N3O5S/c1-5-30-22(27)20-13-18(14-24(20)4)31(28,29)25-12-6-7-19(25)21(26)23-17-10-8-16(9-11-17)15(2)3/h8-11,13-15,19H,5-7,12H2,1-4H3,(H,23,26)/t19-/m0/s1. The van der Waals surface area contributed by atoms with E-state index in [9.17, 15) is 18.0 Å². The van der Waals surface area contributed by atoms with Gasteiger partial charge in [-0.1, -0.05) is 26.0 Å². The first-order chi connectivity index (χ1) is 14.6. The van der Waals surface area contributed by atoms with Gasteiger partial charge in [-0.25, -0.2) is 13.2 Å². The molecule has 0 aliphatic carbocycles. The average molecular weight is 448 g/mol. The number of ether oxygens (including phenoxy) is 1. The lowest BCUT2D eigenvalue weighted by Gasteiger charge is -2.23. The molecule has 1 aliphatic rings. The minimum absolute atomic E-state index is 0.0287. The summed E-state index contributed by atoms with van der Waals surface area (Å²) in [4.78, 5) is 24.9. The molecule has 168 valence electrons. The van der Waals surface area contributed by atoms with Crippen LogP contribution in [0.2, 0.25) is 0 Å². The Labute approximate surface area is 183 Å². The minimum Gasteiger partial charge on any atom is -0.461 e. The third kappa shape index (κ3) is 4.83. The summed E-state index contributed by atoms with van der Waals surface area (Å²) in [5, 5.41) is 2.83. The molecule has 1 amide bonds. The van der Waals surface area contributed by atoms with Crippen molar-refractivity contribution in [3.8, 4) is 0 Å². The van der Waals surface area contributed by atoms with Crippen molar-refractivity contribution in [2.45, 2.75) is 50.5 Å². The molecule has 1 saturated heterocycles. The molecule has 9 heteroatoms. The number of rotatable bonds is 7. The Hall–Kier alpha value is -2.65. The first-order valence-corrected chi connectivity index (χ1v) is 11.8. The maximum atomic E-state index is 13.2. The third-order valence-electron chi connectivity index (χ3n) is 5.42. The van der Waals surface area contributed by atoms with Crippen LogP contribution in [0.3, 0.4) is 0 Å². The molecule has 31 heavy (non-hydrogen) atoms. The van der Waals surface area contributed by atoms with E-state index in [4.69, 9.17) is 4.74 Å². The van der Waals surface area contributed by atoms with Crippen LogP contribution >= 0.6 is 0 Å². The number of amides is 1. The van der Waals surface area contributed by atoms with Gasteiger partial charge in [-0.2, -0.15) is 4.31 Å². The lowest BCUT2D eigenvalue weighted by atomic mass is 10.0. The molecule has 2 heterocycles. The Morgan fingerprint density at radius 1 is 1.23 bits per heavy atom. The summed E-state index contributed by atoms with van der Waals surface area (Å²) in [6.07, 6.45) is 2.40. The summed E-state index contributed by atoms with van der Waals surface area (Å²) < 4.78 is 34.1. The van der Waals surface area contributed by atoms with E-state index in [1.165, 1.54) is 21.1 Å². The number of hydrogen-bond acceptors (Lipinski definition) is 5. The topological polar surface area (TPSA) is 97.7 Å². The monoisotopic (exact) mass is 447 g/mol. The fourth-order valence-electron chi connectivity index (χ4n) is 3.69. The minimum atomic E-state index is -3.95. The number of nitrogens with one attached hydrogen (secondary N) is 1. The Morgan fingerprint density at radius 3 is 2.52 bits per heavy atom. The van der Waals surface area contributed by atoms with Gasteiger partial charge in [0.25, 0.3) is 0 Å². The summed E-state index contributed by atoms with van der Waals surface area (Å²) in [5.41, 5.74) is 1.93. The van der Waals surface area contributed by atoms with Crippen LogP contribution in [0.1, 0.15) is 55.6 Å². The first-order valence-electron chi connectivity index (χ1n) is 10.4. The van der Waals surface area contributed by atoms with Crippen LogP contribution in [0.4, 0.5) is 5.69 Å². The second-order valence-electron chi connectivity index (χ2n) is 7.93. The maximum Gasteiger partial charge on any atom is 0.354 e. The number of anilines is 1. The zero-order valence-electron chi connectivity index (χ0n) is 18.3. The van der Waals surface area contributed by atoms with E-state index < -0.39 is 22.0 Å². The largest absolute Gasteiger partial charge is 0.461 e. The Kier molecular flexibility index (Phi) is 6.86. The molecule has 8 nitrogen and oxygen atoms in total. The molecule has 0 radical (unpaired) electrons. The fourth-order valence-corrected chi connectivity index (χ4v) is 5.41. The van der Waals surface area contributed by atoms with Gasteiger partial charge in [0.15, 0.2) is 0 Å². The molecular weight excluding hydrogens is 418 g/mol. The highest BCUT2D eigenvalue weighted by Gasteiger charge is 2.40. The van der Waals surface area contributed by atoms with Crippen LogP contribution in [-0.2, 0) is 26.6 Å². The molecule has 0 bridgehead atoms. The Balaban J connectivity index is 1.79. The quantitative estimate of drug-likeness (QED) is 0.658. The SMILES string of the molecule is CCOC(=O)c1cc(S(=O)(=O)N2CCC[C@H]2C(=O)Nc2ccc(C(C)C)cc2)cn1C. The summed E-state index contributed by atoms with van der Waals surface area (Å²) in [6, 6.07) is 8.04. The van der Waals surface area contributed by atoms with Gasteiger partial charge in [-0.05, 0) is 49.4 Å². The number of carbonyl (C=O) groups excluding carboxylic acids is 2. The zero-order valence-corrected chi connectivity index (χ0v) is 19.1. The van der Waals surface area contributed by atoms with Crippen molar-refractivity contribution in [2.24, 2.45) is 7.05 Å². The molecular formula is C22H29N3O5S. The summed E-state index contributed by atoms with van der Waals surface area (Å²) in [6.45, 7) is 6.30. The smallest absolute Gasteiger partial charge is 0.354 e. The van der Waals surface area contributed by atoms with E-state index in [-0.39, 0.29) is 29.6 Å². The van der Waals surface area contributed by atoms with E-state index in [0.29, 0.717) is 24.4 Å². The number of nitrogens with zero attached hydrogens (tertiary/aromatic N) is 2. The predicted molar refractivity (Wildman–Crippen MR) is 117 cm³/mol. The summed E-state index contributed by atoms with van der Waals surface area (Å²) in [7, 11) is -2.37. The molecule has 1 N–H and O–H groups in total. The molecule has 1 fully saturated rings. The summed E-state index contributed by atoms with van der Waals surface area (Å²) >= 11 is 0. The van der Waals surface area contributed by atoms with Gasteiger partial charge in [0.2, 0.25) is 15.9 Å². The Bertz CT molecular complexity index is 1060. The fraction of sp³-hybridized carbons (Fsp3) is 0.455. The second kappa shape index (κ2) is 9.23. The number of aromatic nitrogens is 1. The van der Waals surface area contributed by atoms with E-state index in [1.54, 1.807) is 14.0 Å². The molecule has 2 aromatic rings. The average Bonchev–Trinajstić information content (AvgIpc) is 3.36. The molecule has 0 unspecified atom stereocenters. The van der Waals surface area contributed by atoms with Crippen LogP contribution in [0.5, 0.6) is 0 Å². The van der Waals surface area contributed by atoms with E-state index in [1.807, 2.05) is 24.3 Å². The number of benzene rings is 1. The first kappa shape index (κ1) is 23.0. The van der Waals surface area contributed by atoms with Crippen LogP contribution in [0.15, 0.2) is 41.4 Å². The highest BCUT2D eigenvalue weighted by Crippen LogP contribution is 2.28. The third-order valence-corrected chi connectivity index (χ3v) is 7.30. The van der Waals surface area contributed by atoms with Crippen molar-refractivity contribution in [1.82, 2.24) is 8.87 Å². The molecule has 0 spiro atoms. The number of hydrogen-bond donors (Lipinski definition) is 1. The van der Waals surface area contributed by atoms with Crippen molar-refractivity contribution in [2.75, 3.05) is 18.5 Å². The van der Waals surface area contributed by atoms with Crippen molar-refractivity contribution < 1.29 is 22.7 Å². The van der Waals surface area contributed by atoms with Gasteiger partial charge in [0, 0.05) is 25.5 Å². The van der Waals surface area contributed by atoms with Crippen LogP contribution in [0.25, 0.3) is 0 Å². The lowest BCUT2D eigenvalue weighted by molar-refractivity contribution is -0.119. The molecule has 1 aromatic carbocycles. The highest BCUT2D eigenvalue weighted by molar-refractivity contribution is 7.89. The summed E-state index contributed by atoms with van der Waals surface area (Å²) in [5.74, 6) is -0.572. The van der Waals surface area contributed by atoms with Crippen LogP contribution < -0.4 is 5.32 Å². The molecule has 1 aliphatic heterocycles. The van der Waals surface area contributed by atoms with E-state index in [2.05, 4.69) is 19.2 Å². The van der Waals surface area contributed by atoms with Gasteiger partial charge in [0.1, 0.15) is 16.6 Å². The van der Waals surface area contributed by atoms with Gasteiger partial charge < -0.3 is 14.6 Å². The van der Waals surface area contributed by atoms with Crippen molar-refractivity contribution >= 4 is 27.6 Å². The van der Waals surface area contributed by atoms with E-state index >= 15 is 0 Å². The molecule has 1 aromatic heterocycles. The van der Waals surface area contributed by atoms with Crippen LogP contribution in [0, 0.1) is 0 Å². The number of aryl methyl sites for hydroxylation is 1. The molecule has 3 rings (SSSR count). The van der Waals surface area contributed by atoms with Gasteiger partial charge in [-0.15, -0.1) is 0 Å². The van der Waals surface area contributed by atoms with Gasteiger partial charge >= 0.3 is 5.97 Å². The predicted octanol–water partition coefficient (Wildman–Crippen LogP) is 3.12. The van der Waals surface area contributed by atoms with Crippen molar-refractivity contribution in [1.29, 1.82) is 0 Å². The molecule has 0 saturated carbocycles. The normalized spacial score (nSPS) is 17.1. The van der Waals surface area contributed by atoms with E-state index in [0.717, 1.165) is 5.56 Å². The van der Waals surface area contributed by atoms with Gasteiger partial charge in [-0.3, -0.25) is 4.79 Å².